The van der Waals surface area contributed by atoms with Gasteiger partial charge >= 0.3 is 0 Å². The Bertz CT molecular complexity index is 531. The minimum atomic E-state index is -0.114. The number of benzene rings is 2. The average molecular weight is 371 g/mol. The number of hydrogen-bond acceptors (Lipinski definition) is 2. The second-order valence-electron chi connectivity index (χ2n) is 3.94. The second-order valence-corrected chi connectivity index (χ2v) is 5.78. The third-order valence-corrected chi connectivity index (χ3v) is 3.59. The third kappa shape index (κ3) is 3.57. The molecule has 0 aromatic heterocycles. The van der Waals surface area contributed by atoms with Gasteiger partial charge in [0.15, 0.2) is 0 Å². The van der Waals surface area contributed by atoms with Gasteiger partial charge in [0, 0.05) is 14.6 Å². The normalized spacial score (nSPS) is 12.2. The number of aliphatic hydroxyl groups excluding tert-OH is 1. The first-order chi connectivity index (χ1) is 8.69. The number of rotatable bonds is 4. The fourth-order valence-electron chi connectivity index (χ4n) is 1.74. The summed E-state index contributed by atoms with van der Waals surface area (Å²) in [7, 11) is 0. The van der Waals surface area contributed by atoms with Crippen LogP contribution in [0.2, 0.25) is 0 Å². The zero-order chi connectivity index (χ0) is 13.0. The lowest BCUT2D eigenvalue weighted by Gasteiger charge is -2.18. The van der Waals surface area contributed by atoms with Gasteiger partial charge in [-0.3, -0.25) is 0 Å². The van der Waals surface area contributed by atoms with E-state index in [0.717, 1.165) is 20.2 Å². The number of halogens is 2. The van der Waals surface area contributed by atoms with Crippen molar-refractivity contribution in [2.45, 2.75) is 6.04 Å². The molecule has 0 saturated heterocycles. The van der Waals surface area contributed by atoms with Crippen LogP contribution in [0.25, 0.3) is 0 Å². The Morgan fingerprint density at radius 3 is 2.28 bits per heavy atom. The molecule has 0 aliphatic rings. The van der Waals surface area contributed by atoms with Gasteiger partial charge in [-0.15, -0.1) is 0 Å². The van der Waals surface area contributed by atoms with Crippen LogP contribution < -0.4 is 5.32 Å². The molecule has 94 valence electrons. The summed E-state index contributed by atoms with van der Waals surface area (Å²) in [5.41, 5.74) is 2.02. The van der Waals surface area contributed by atoms with Crippen molar-refractivity contribution in [3.8, 4) is 0 Å². The van der Waals surface area contributed by atoms with Gasteiger partial charge in [0.1, 0.15) is 0 Å². The molecule has 2 N–H and O–H groups in total. The lowest BCUT2D eigenvalue weighted by molar-refractivity contribution is 0.276. The number of aliphatic hydroxyl groups is 1. The molecule has 0 heterocycles. The van der Waals surface area contributed by atoms with E-state index < -0.39 is 0 Å². The summed E-state index contributed by atoms with van der Waals surface area (Å²) in [6.07, 6.45) is 0. The van der Waals surface area contributed by atoms with E-state index in [1.807, 2.05) is 48.5 Å². The van der Waals surface area contributed by atoms with Crippen molar-refractivity contribution in [2.75, 3.05) is 11.9 Å². The molecule has 4 heteroatoms. The van der Waals surface area contributed by atoms with Crippen molar-refractivity contribution >= 4 is 37.5 Å². The van der Waals surface area contributed by atoms with Crippen molar-refractivity contribution in [3.63, 3.8) is 0 Å². The predicted molar refractivity (Wildman–Crippen MR) is 81.7 cm³/mol. The average Bonchev–Trinajstić information content (AvgIpc) is 2.36. The lowest BCUT2D eigenvalue weighted by atomic mass is 10.1. The number of nitrogens with one attached hydrogen (secondary N) is 1. The van der Waals surface area contributed by atoms with Gasteiger partial charge in [0.2, 0.25) is 0 Å². The van der Waals surface area contributed by atoms with Crippen LogP contribution in [0.1, 0.15) is 11.6 Å². The van der Waals surface area contributed by atoms with Gasteiger partial charge in [0.25, 0.3) is 0 Å². The molecule has 2 aromatic rings. The Morgan fingerprint density at radius 2 is 1.67 bits per heavy atom. The van der Waals surface area contributed by atoms with Gasteiger partial charge < -0.3 is 10.4 Å². The van der Waals surface area contributed by atoms with Gasteiger partial charge in [-0.25, -0.2) is 0 Å². The van der Waals surface area contributed by atoms with Crippen LogP contribution in [0.15, 0.2) is 57.5 Å². The minimum Gasteiger partial charge on any atom is -0.394 e. The van der Waals surface area contributed by atoms with E-state index in [2.05, 4.69) is 37.2 Å². The molecule has 0 bridgehead atoms. The molecule has 0 aliphatic carbocycles. The highest BCUT2D eigenvalue weighted by Crippen LogP contribution is 2.23. The molecular formula is C14H13Br2NO. The van der Waals surface area contributed by atoms with E-state index in [4.69, 9.17) is 0 Å². The molecule has 0 amide bonds. The first-order valence-corrected chi connectivity index (χ1v) is 7.16. The monoisotopic (exact) mass is 369 g/mol. The fourth-order valence-corrected chi connectivity index (χ4v) is 2.55. The third-order valence-electron chi connectivity index (χ3n) is 2.60. The summed E-state index contributed by atoms with van der Waals surface area (Å²) in [5.74, 6) is 0. The molecule has 0 aliphatic heterocycles. The zero-order valence-electron chi connectivity index (χ0n) is 9.61. The molecule has 2 aromatic carbocycles. The standard InChI is InChI=1S/C14H13Br2NO/c15-11-4-1-3-10(7-11)14(9-18)17-13-6-2-5-12(16)8-13/h1-8,14,17-18H,9H2. The van der Waals surface area contributed by atoms with Gasteiger partial charge in [-0.05, 0) is 35.9 Å². The molecular weight excluding hydrogens is 358 g/mol. The fraction of sp³-hybridized carbons (Fsp3) is 0.143. The molecule has 0 fully saturated rings. The first-order valence-electron chi connectivity index (χ1n) is 5.57. The predicted octanol–water partition coefficient (Wildman–Crippen LogP) is 4.36. The Morgan fingerprint density at radius 1 is 1.00 bits per heavy atom. The van der Waals surface area contributed by atoms with E-state index in [1.165, 1.54) is 0 Å². The van der Waals surface area contributed by atoms with Crippen molar-refractivity contribution < 1.29 is 5.11 Å². The summed E-state index contributed by atoms with van der Waals surface area (Å²) >= 11 is 6.87. The van der Waals surface area contributed by atoms with Gasteiger partial charge in [-0.1, -0.05) is 50.1 Å². The molecule has 0 saturated carbocycles. The smallest absolute Gasteiger partial charge is 0.0745 e. The van der Waals surface area contributed by atoms with E-state index in [0.29, 0.717) is 0 Å². The molecule has 1 unspecified atom stereocenters. The summed E-state index contributed by atoms with van der Waals surface area (Å²) < 4.78 is 2.02. The summed E-state index contributed by atoms with van der Waals surface area (Å²) in [6, 6.07) is 15.7. The molecule has 18 heavy (non-hydrogen) atoms. The largest absolute Gasteiger partial charge is 0.394 e. The zero-order valence-corrected chi connectivity index (χ0v) is 12.8. The summed E-state index contributed by atoms with van der Waals surface area (Å²) in [5, 5.41) is 12.8. The van der Waals surface area contributed by atoms with Crippen LogP contribution in [0.4, 0.5) is 5.69 Å². The maximum atomic E-state index is 9.51. The van der Waals surface area contributed by atoms with E-state index in [1.54, 1.807) is 0 Å². The van der Waals surface area contributed by atoms with Crippen LogP contribution in [-0.4, -0.2) is 11.7 Å². The molecule has 2 rings (SSSR count). The highest BCUT2D eigenvalue weighted by Gasteiger charge is 2.10. The van der Waals surface area contributed by atoms with Crippen molar-refractivity contribution in [1.82, 2.24) is 0 Å². The Kier molecular flexibility index (Phi) is 4.80. The Labute approximate surface area is 123 Å². The van der Waals surface area contributed by atoms with E-state index >= 15 is 0 Å². The number of hydrogen-bond donors (Lipinski definition) is 2. The summed E-state index contributed by atoms with van der Waals surface area (Å²) in [6.45, 7) is 0.0446. The Balaban J connectivity index is 2.19. The van der Waals surface area contributed by atoms with Crippen LogP contribution in [-0.2, 0) is 0 Å². The van der Waals surface area contributed by atoms with E-state index in [9.17, 15) is 5.11 Å². The topological polar surface area (TPSA) is 32.3 Å². The van der Waals surface area contributed by atoms with Crippen LogP contribution in [0, 0.1) is 0 Å². The first kappa shape index (κ1) is 13.6. The summed E-state index contributed by atoms with van der Waals surface area (Å²) in [4.78, 5) is 0. The number of anilines is 1. The maximum Gasteiger partial charge on any atom is 0.0745 e. The SMILES string of the molecule is OCC(Nc1cccc(Br)c1)c1cccc(Br)c1. The molecule has 0 spiro atoms. The van der Waals surface area contributed by atoms with Crippen molar-refractivity contribution in [2.24, 2.45) is 0 Å². The van der Waals surface area contributed by atoms with Crippen LogP contribution in [0.5, 0.6) is 0 Å². The quantitative estimate of drug-likeness (QED) is 0.838. The van der Waals surface area contributed by atoms with Crippen LogP contribution >= 0.6 is 31.9 Å². The maximum absolute atomic E-state index is 9.51. The van der Waals surface area contributed by atoms with Crippen molar-refractivity contribution in [3.05, 3.63) is 63.0 Å². The van der Waals surface area contributed by atoms with E-state index in [-0.39, 0.29) is 12.6 Å². The van der Waals surface area contributed by atoms with Crippen LogP contribution in [0.3, 0.4) is 0 Å². The van der Waals surface area contributed by atoms with Gasteiger partial charge in [0.05, 0.1) is 12.6 Å². The van der Waals surface area contributed by atoms with Gasteiger partial charge in [-0.2, -0.15) is 0 Å². The highest BCUT2D eigenvalue weighted by atomic mass is 79.9. The second kappa shape index (κ2) is 6.36. The van der Waals surface area contributed by atoms with Crippen molar-refractivity contribution in [1.29, 1.82) is 0 Å². The molecule has 1 atom stereocenters. The highest BCUT2D eigenvalue weighted by molar-refractivity contribution is 9.10. The Hall–Kier alpha value is -0.840. The molecule has 2 nitrogen and oxygen atoms in total. The molecule has 0 radical (unpaired) electrons. The minimum absolute atomic E-state index is 0.0446. The lowest BCUT2D eigenvalue weighted by Crippen LogP contribution is -2.14.